The third-order valence-electron chi connectivity index (χ3n) is 4.77. The third kappa shape index (κ3) is 5.35. The van der Waals surface area contributed by atoms with Crippen LogP contribution in [0.5, 0.6) is 5.75 Å². The summed E-state index contributed by atoms with van der Waals surface area (Å²) < 4.78 is 6.64. The summed E-state index contributed by atoms with van der Waals surface area (Å²) in [5.41, 5.74) is 1.52. The topological polar surface area (TPSA) is 58.6 Å². The van der Waals surface area contributed by atoms with Gasteiger partial charge in [0.15, 0.2) is 0 Å². The van der Waals surface area contributed by atoms with E-state index in [1.165, 1.54) is 0 Å². The van der Waals surface area contributed by atoms with Crippen molar-refractivity contribution in [3.63, 3.8) is 0 Å². The van der Waals surface area contributed by atoms with E-state index in [1.807, 2.05) is 48.5 Å². The number of anilines is 2. The van der Waals surface area contributed by atoms with Crippen molar-refractivity contribution in [3.8, 4) is 5.75 Å². The zero-order valence-electron chi connectivity index (χ0n) is 16.0. The molecule has 0 aliphatic carbocycles. The number of nitrogens with one attached hydrogen (secondary N) is 1. The second kappa shape index (κ2) is 9.73. The number of rotatable bonds is 8. The van der Waals surface area contributed by atoms with Crippen molar-refractivity contribution in [1.29, 1.82) is 0 Å². The van der Waals surface area contributed by atoms with Crippen LogP contribution >= 0.6 is 15.9 Å². The molecule has 5 nitrogen and oxygen atoms in total. The van der Waals surface area contributed by atoms with Crippen LogP contribution in [0, 0.1) is 5.92 Å². The van der Waals surface area contributed by atoms with Crippen LogP contribution in [0.4, 0.5) is 11.4 Å². The van der Waals surface area contributed by atoms with Gasteiger partial charge in [0.1, 0.15) is 5.75 Å². The number of unbranched alkanes of at least 4 members (excludes halogenated alkanes) is 2. The summed E-state index contributed by atoms with van der Waals surface area (Å²) in [5.74, 6) is 0.274. The molecule has 1 aliphatic rings. The lowest BCUT2D eigenvalue weighted by Crippen LogP contribution is -2.28. The fourth-order valence-electron chi connectivity index (χ4n) is 3.17. The largest absolute Gasteiger partial charge is 0.494 e. The van der Waals surface area contributed by atoms with Crippen molar-refractivity contribution in [3.05, 3.63) is 53.0 Å². The van der Waals surface area contributed by atoms with Crippen LogP contribution in [0.15, 0.2) is 53.0 Å². The summed E-state index contributed by atoms with van der Waals surface area (Å²) in [7, 11) is 0. The number of amides is 2. The van der Waals surface area contributed by atoms with Crippen molar-refractivity contribution in [2.45, 2.75) is 32.6 Å². The van der Waals surface area contributed by atoms with Gasteiger partial charge in [0.05, 0.1) is 12.5 Å². The Morgan fingerprint density at radius 2 is 1.86 bits per heavy atom. The number of carbonyl (C=O) groups excluding carboxylic acids is 2. The minimum atomic E-state index is -0.360. The van der Waals surface area contributed by atoms with Gasteiger partial charge in [0.2, 0.25) is 11.8 Å². The normalized spacial score (nSPS) is 16.3. The van der Waals surface area contributed by atoms with Crippen molar-refractivity contribution in [1.82, 2.24) is 0 Å². The van der Waals surface area contributed by atoms with E-state index < -0.39 is 0 Å². The monoisotopic (exact) mass is 444 g/mol. The van der Waals surface area contributed by atoms with E-state index in [4.69, 9.17) is 4.74 Å². The van der Waals surface area contributed by atoms with E-state index in [9.17, 15) is 9.59 Å². The lowest BCUT2D eigenvalue weighted by Gasteiger charge is -2.17. The van der Waals surface area contributed by atoms with Crippen LogP contribution in [-0.4, -0.2) is 25.0 Å². The van der Waals surface area contributed by atoms with Gasteiger partial charge in [-0.05, 0) is 55.0 Å². The number of nitrogens with zero attached hydrogens (tertiary/aromatic N) is 1. The molecule has 0 saturated carbocycles. The second-order valence-electron chi connectivity index (χ2n) is 6.95. The Kier molecular flexibility index (Phi) is 7.09. The minimum Gasteiger partial charge on any atom is -0.494 e. The van der Waals surface area contributed by atoms with E-state index in [0.29, 0.717) is 18.8 Å². The Morgan fingerprint density at radius 1 is 1.14 bits per heavy atom. The predicted octanol–water partition coefficient (Wildman–Crippen LogP) is 5.01. The van der Waals surface area contributed by atoms with Crippen LogP contribution in [0.1, 0.15) is 32.6 Å². The van der Waals surface area contributed by atoms with Crippen molar-refractivity contribution >= 4 is 39.1 Å². The van der Waals surface area contributed by atoms with Gasteiger partial charge in [-0.3, -0.25) is 9.59 Å². The first-order chi connectivity index (χ1) is 13.6. The van der Waals surface area contributed by atoms with Gasteiger partial charge in [-0.2, -0.15) is 0 Å². The molecule has 2 aromatic rings. The van der Waals surface area contributed by atoms with Crippen LogP contribution in [-0.2, 0) is 9.59 Å². The lowest BCUT2D eigenvalue weighted by molar-refractivity contribution is -0.122. The Hall–Kier alpha value is -2.34. The number of halogens is 1. The highest BCUT2D eigenvalue weighted by atomic mass is 79.9. The molecule has 0 bridgehead atoms. The second-order valence-corrected chi connectivity index (χ2v) is 7.87. The maximum Gasteiger partial charge on any atom is 0.229 e. The van der Waals surface area contributed by atoms with Crippen molar-refractivity contribution in [2.75, 3.05) is 23.4 Å². The van der Waals surface area contributed by atoms with Gasteiger partial charge < -0.3 is 15.0 Å². The summed E-state index contributed by atoms with van der Waals surface area (Å²) in [5, 5.41) is 2.91. The molecule has 1 fully saturated rings. The predicted molar refractivity (Wildman–Crippen MR) is 115 cm³/mol. The maximum atomic E-state index is 12.6. The molecule has 1 saturated heterocycles. The average Bonchev–Trinajstić information content (AvgIpc) is 3.09. The molecule has 3 rings (SSSR count). The number of benzene rings is 2. The fraction of sp³-hybridized carbons (Fsp3) is 0.364. The highest BCUT2D eigenvalue weighted by Crippen LogP contribution is 2.27. The fourth-order valence-corrected chi connectivity index (χ4v) is 3.44. The van der Waals surface area contributed by atoms with Gasteiger partial charge in [0.25, 0.3) is 0 Å². The Bertz CT molecular complexity index is 806. The van der Waals surface area contributed by atoms with Gasteiger partial charge in [0, 0.05) is 28.8 Å². The molecule has 1 aliphatic heterocycles. The van der Waals surface area contributed by atoms with E-state index in [0.717, 1.165) is 35.2 Å². The molecular formula is C22H25BrN2O3. The molecule has 6 heteroatoms. The zero-order chi connectivity index (χ0) is 19.9. The first kappa shape index (κ1) is 20.4. The molecule has 0 unspecified atom stereocenters. The average molecular weight is 445 g/mol. The summed E-state index contributed by atoms with van der Waals surface area (Å²) in [4.78, 5) is 26.6. The zero-order valence-corrected chi connectivity index (χ0v) is 17.6. The molecule has 0 aromatic heterocycles. The number of carbonyl (C=O) groups is 2. The van der Waals surface area contributed by atoms with E-state index >= 15 is 0 Å². The third-order valence-corrected chi connectivity index (χ3v) is 5.30. The molecule has 2 amide bonds. The molecule has 28 heavy (non-hydrogen) atoms. The first-order valence-electron chi connectivity index (χ1n) is 9.66. The Labute approximate surface area is 174 Å². The molecule has 1 N–H and O–H groups in total. The van der Waals surface area contributed by atoms with Gasteiger partial charge >= 0.3 is 0 Å². The van der Waals surface area contributed by atoms with Gasteiger partial charge in [-0.25, -0.2) is 0 Å². The molecular weight excluding hydrogens is 420 g/mol. The van der Waals surface area contributed by atoms with Crippen LogP contribution in [0.3, 0.4) is 0 Å². The summed E-state index contributed by atoms with van der Waals surface area (Å²) >= 11 is 3.39. The molecule has 0 radical (unpaired) electrons. The molecule has 1 heterocycles. The Balaban J connectivity index is 1.53. The van der Waals surface area contributed by atoms with Gasteiger partial charge in [-0.15, -0.1) is 0 Å². The van der Waals surface area contributed by atoms with Crippen LogP contribution in [0.2, 0.25) is 0 Å². The van der Waals surface area contributed by atoms with E-state index in [1.54, 1.807) is 4.90 Å². The summed E-state index contributed by atoms with van der Waals surface area (Å²) in [6.45, 7) is 3.26. The van der Waals surface area contributed by atoms with Crippen molar-refractivity contribution in [2.24, 2.45) is 5.92 Å². The van der Waals surface area contributed by atoms with E-state index in [-0.39, 0.29) is 24.2 Å². The SMILES string of the molecule is CCCCCOc1ccc(NC(=O)[C@@H]2CC(=O)N(c3ccc(Br)cc3)C2)cc1. The van der Waals surface area contributed by atoms with Gasteiger partial charge in [-0.1, -0.05) is 35.7 Å². The lowest BCUT2D eigenvalue weighted by atomic mass is 10.1. The van der Waals surface area contributed by atoms with E-state index in [2.05, 4.69) is 28.2 Å². The smallest absolute Gasteiger partial charge is 0.229 e. The van der Waals surface area contributed by atoms with Crippen LogP contribution in [0.25, 0.3) is 0 Å². The number of ether oxygens (including phenoxy) is 1. The molecule has 0 spiro atoms. The first-order valence-corrected chi connectivity index (χ1v) is 10.5. The standard InChI is InChI=1S/C22H25BrN2O3/c1-2-3-4-13-28-20-11-7-18(8-12-20)24-22(27)16-14-21(26)25(15-16)19-9-5-17(23)6-10-19/h5-12,16H,2-4,13-15H2,1H3,(H,24,27)/t16-/m1/s1. The quantitative estimate of drug-likeness (QED) is 0.582. The summed E-state index contributed by atoms with van der Waals surface area (Å²) in [6, 6.07) is 14.9. The molecule has 148 valence electrons. The summed E-state index contributed by atoms with van der Waals surface area (Å²) in [6.07, 6.45) is 3.59. The van der Waals surface area contributed by atoms with Crippen molar-refractivity contribution < 1.29 is 14.3 Å². The Morgan fingerprint density at radius 3 is 2.54 bits per heavy atom. The highest BCUT2D eigenvalue weighted by molar-refractivity contribution is 9.10. The maximum absolute atomic E-state index is 12.6. The number of hydrogen-bond donors (Lipinski definition) is 1. The molecule has 1 atom stereocenters. The highest BCUT2D eigenvalue weighted by Gasteiger charge is 2.35. The number of hydrogen-bond acceptors (Lipinski definition) is 3. The minimum absolute atomic E-state index is 0.0294. The molecule has 2 aromatic carbocycles. The van der Waals surface area contributed by atoms with Crippen LogP contribution < -0.4 is 15.0 Å².